The van der Waals surface area contributed by atoms with E-state index in [1.807, 2.05) is 32.8 Å². The number of likely N-dealkylation sites (N-methyl/N-ethyl adjacent to an activating group) is 1. The van der Waals surface area contributed by atoms with E-state index < -0.39 is 6.10 Å². The van der Waals surface area contributed by atoms with Crippen LogP contribution in [-0.2, 0) is 18.9 Å². The summed E-state index contributed by atoms with van der Waals surface area (Å²) >= 11 is 0. The van der Waals surface area contributed by atoms with E-state index in [4.69, 9.17) is 14.1 Å². The molecule has 1 unspecified atom stereocenters. The van der Waals surface area contributed by atoms with Gasteiger partial charge in [0.1, 0.15) is 12.9 Å². The minimum absolute atomic E-state index is 0.0102. The quantitative estimate of drug-likeness (QED) is 0.715. The highest BCUT2D eigenvalue weighted by atomic mass is 16.6. The molecule has 7 heteroatoms. The lowest BCUT2D eigenvalue weighted by Crippen LogP contribution is -2.35. The summed E-state index contributed by atoms with van der Waals surface area (Å²) in [7, 11) is 9.28. The first-order valence-electron chi connectivity index (χ1n) is 6.76. The Kier molecular flexibility index (Phi) is 14.0. The van der Waals surface area contributed by atoms with E-state index in [9.17, 15) is 4.79 Å². The minimum Gasteiger partial charge on any atom is -0.408 e. The summed E-state index contributed by atoms with van der Waals surface area (Å²) in [6, 6.07) is 0. The molecule has 0 N–H and O–H groups in total. The van der Waals surface area contributed by atoms with Crippen molar-refractivity contribution in [2.24, 2.45) is 0 Å². The van der Waals surface area contributed by atoms with Crippen LogP contribution in [0.25, 0.3) is 0 Å². The van der Waals surface area contributed by atoms with Crippen LogP contribution < -0.4 is 0 Å². The first-order valence-corrected chi connectivity index (χ1v) is 6.76. The second-order valence-corrected chi connectivity index (χ2v) is 5.10. The Morgan fingerprint density at radius 3 is 2.15 bits per heavy atom. The van der Waals surface area contributed by atoms with Crippen molar-refractivity contribution in [3.05, 3.63) is 0 Å². The molecule has 1 rings (SSSR count). The van der Waals surface area contributed by atoms with Crippen molar-refractivity contribution < 1.29 is 18.9 Å². The monoisotopic (exact) mass is 288 g/mol. The Hall–Kier alpha value is -0.915. The van der Waals surface area contributed by atoms with Gasteiger partial charge in [0.2, 0.25) is 0 Å². The molecule has 118 valence electrons. The van der Waals surface area contributed by atoms with Crippen molar-refractivity contribution in [3.8, 4) is 0 Å². The second kappa shape index (κ2) is 13.1. The van der Waals surface area contributed by atoms with Crippen LogP contribution in [0.3, 0.4) is 0 Å². The van der Waals surface area contributed by atoms with Gasteiger partial charge in [-0.15, -0.1) is 0 Å². The third-order valence-electron chi connectivity index (χ3n) is 2.26. The Bertz CT molecular complexity index is 250. The SMILES string of the molecule is C=O.CCCCB1OCC(C(=O)N(C)C)O1.CN(C)C. The molecule has 0 aromatic carbocycles. The molecule has 1 aliphatic rings. The van der Waals surface area contributed by atoms with Crippen LogP contribution in [0.1, 0.15) is 19.8 Å². The van der Waals surface area contributed by atoms with E-state index in [1.165, 1.54) is 4.90 Å². The lowest BCUT2D eigenvalue weighted by atomic mass is 9.83. The number of hydrogen-bond donors (Lipinski definition) is 0. The highest BCUT2D eigenvalue weighted by molar-refractivity contribution is 6.45. The largest absolute Gasteiger partial charge is 0.457 e. The zero-order chi connectivity index (χ0) is 16.1. The summed E-state index contributed by atoms with van der Waals surface area (Å²) < 4.78 is 10.8. The van der Waals surface area contributed by atoms with E-state index in [1.54, 1.807) is 14.1 Å². The fraction of sp³-hybridized carbons (Fsp3) is 0.846. The zero-order valence-corrected chi connectivity index (χ0v) is 13.7. The predicted octanol–water partition coefficient (Wildman–Crippen LogP) is 0.771. The van der Waals surface area contributed by atoms with Crippen molar-refractivity contribution in [3.63, 3.8) is 0 Å². The maximum atomic E-state index is 11.5. The standard InChI is InChI=1S/C9H18BNO3.C3H9N.CH2O/c1-4-5-6-10-13-7-8(14-10)9(12)11(2)3;1-4(2)3;1-2/h8H,4-7H2,1-3H3;1-3H3;1H2. The fourth-order valence-corrected chi connectivity index (χ4v) is 1.40. The van der Waals surface area contributed by atoms with Crippen LogP contribution in [0.2, 0.25) is 6.32 Å². The maximum absolute atomic E-state index is 11.5. The Morgan fingerprint density at radius 1 is 1.25 bits per heavy atom. The normalized spacial score (nSPS) is 16.9. The molecular formula is C13H29BN2O4. The first kappa shape index (κ1) is 21.4. The van der Waals surface area contributed by atoms with Gasteiger partial charge >= 0.3 is 7.12 Å². The van der Waals surface area contributed by atoms with Gasteiger partial charge in [0.15, 0.2) is 0 Å². The van der Waals surface area contributed by atoms with Gasteiger partial charge in [0, 0.05) is 14.1 Å². The van der Waals surface area contributed by atoms with E-state index in [-0.39, 0.29) is 13.0 Å². The van der Waals surface area contributed by atoms with E-state index >= 15 is 0 Å². The Labute approximate surface area is 123 Å². The van der Waals surface area contributed by atoms with Crippen molar-refractivity contribution in [2.75, 3.05) is 41.8 Å². The average molecular weight is 288 g/mol. The van der Waals surface area contributed by atoms with Crippen LogP contribution >= 0.6 is 0 Å². The molecule has 1 heterocycles. The highest BCUT2D eigenvalue weighted by Gasteiger charge is 2.35. The van der Waals surface area contributed by atoms with Gasteiger partial charge in [0.05, 0.1) is 6.61 Å². The molecule has 1 atom stereocenters. The van der Waals surface area contributed by atoms with Crippen LogP contribution in [0.4, 0.5) is 0 Å². The zero-order valence-electron chi connectivity index (χ0n) is 13.7. The minimum atomic E-state index is -0.396. The van der Waals surface area contributed by atoms with Crippen LogP contribution in [0.5, 0.6) is 0 Å². The van der Waals surface area contributed by atoms with Gasteiger partial charge in [-0.1, -0.05) is 19.8 Å². The molecule has 0 aromatic heterocycles. The van der Waals surface area contributed by atoms with Crippen molar-refractivity contribution in [1.29, 1.82) is 0 Å². The van der Waals surface area contributed by atoms with Crippen molar-refractivity contribution in [2.45, 2.75) is 32.2 Å². The molecule has 0 saturated carbocycles. The summed E-state index contributed by atoms with van der Waals surface area (Å²) in [6.07, 6.45) is 2.68. The summed E-state index contributed by atoms with van der Waals surface area (Å²) in [4.78, 5) is 23.0. The number of hydrogen-bond acceptors (Lipinski definition) is 5. The van der Waals surface area contributed by atoms with E-state index in [2.05, 4.69) is 6.92 Å². The predicted molar refractivity (Wildman–Crippen MR) is 81.7 cm³/mol. The summed E-state index contributed by atoms with van der Waals surface area (Å²) in [5, 5.41) is 0. The van der Waals surface area contributed by atoms with Gasteiger partial charge in [0.25, 0.3) is 5.91 Å². The van der Waals surface area contributed by atoms with E-state index in [0.29, 0.717) is 6.61 Å². The van der Waals surface area contributed by atoms with Crippen LogP contribution in [-0.4, -0.2) is 77.6 Å². The van der Waals surface area contributed by atoms with Crippen molar-refractivity contribution >= 4 is 19.8 Å². The highest BCUT2D eigenvalue weighted by Crippen LogP contribution is 2.15. The number of carbonyl (C=O) groups is 2. The molecule has 6 nitrogen and oxygen atoms in total. The van der Waals surface area contributed by atoms with Gasteiger partial charge in [-0.05, 0) is 27.5 Å². The number of carbonyl (C=O) groups excluding carboxylic acids is 2. The molecule has 1 fully saturated rings. The average Bonchev–Trinajstić information content (AvgIpc) is 2.85. The molecule has 0 aliphatic carbocycles. The molecule has 1 aliphatic heterocycles. The topological polar surface area (TPSA) is 59.1 Å². The number of amides is 1. The fourth-order valence-electron chi connectivity index (χ4n) is 1.40. The lowest BCUT2D eigenvalue weighted by molar-refractivity contribution is -0.135. The summed E-state index contributed by atoms with van der Waals surface area (Å²) in [6.45, 7) is 4.52. The number of rotatable bonds is 4. The van der Waals surface area contributed by atoms with E-state index in [0.717, 1.165) is 19.2 Å². The van der Waals surface area contributed by atoms with Gasteiger partial charge in [-0.3, -0.25) is 4.79 Å². The van der Waals surface area contributed by atoms with Crippen LogP contribution in [0, 0.1) is 0 Å². The molecule has 1 saturated heterocycles. The molecule has 0 aromatic rings. The third kappa shape index (κ3) is 11.0. The second-order valence-electron chi connectivity index (χ2n) is 5.10. The molecule has 0 spiro atoms. The molecule has 0 radical (unpaired) electrons. The lowest BCUT2D eigenvalue weighted by Gasteiger charge is -2.14. The van der Waals surface area contributed by atoms with Gasteiger partial charge in [-0.2, -0.15) is 0 Å². The Balaban J connectivity index is 0. The molecule has 1 amide bonds. The molecular weight excluding hydrogens is 259 g/mol. The summed E-state index contributed by atoms with van der Waals surface area (Å²) in [5.41, 5.74) is 0. The summed E-state index contributed by atoms with van der Waals surface area (Å²) in [5.74, 6) is -0.0102. The van der Waals surface area contributed by atoms with Gasteiger partial charge in [-0.25, -0.2) is 0 Å². The number of unbranched alkanes of at least 4 members (excludes halogenated alkanes) is 1. The maximum Gasteiger partial charge on any atom is 0.457 e. The third-order valence-corrected chi connectivity index (χ3v) is 2.26. The molecule has 20 heavy (non-hydrogen) atoms. The number of nitrogens with zero attached hydrogens (tertiary/aromatic N) is 2. The smallest absolute Gasteiger partial charge is 0.408 e. The Morgan fingerprint density at radius 2 is 1.75 bits per heavy atom. The molecule has 0 bridgehead atoms. The van der Waals surface area contributed by atoms with Gasteiger partial charge < -0.3 is 23.9 Å². The van der Waals surface area contributed by atoms with Crippen LogP contribution in [0.15, 0.2) is 0 Å². The first-order chi connectivity index (χ1) is 9.38. The van der Waals surface area contributed by atoms with Crippen molar-refractivity contribution in [1.82, 2.24) is 9.80 Å².